The number of carbonyl (C=O) groups is 5. The fraction of sp³-hybridized carbons (Fsp3) is 0.783. The van der Waals surface area contributed by atoms with Gasteiger partial charge >= 0.3 is 5.97 Å². The first-order chi connectivity index (χ1) is 16.3. The minimum atomic E-state index is -1.18. The number of aliphatic carboxylic acids is 1. The van der Waals surface area contributed by atoms with Crippen LogP contribution in [0.5, 0.6) is 0 Å². The minimum Gasteiger partial charge on any atom is -0.480 e. The Balaban J connectivity index is 5.55. The summed E-state index contributed by atoms with van der Waals surface area (Å²) in [7, 11) is 0. The molecule has 0 spiro atoms. The van der Waals surface area contributed by atoms with Crippen molar-refractivity contribution in [1.82, 2.24) is 16.0 Å². The van der Waals surface area contributed by atoms with E-state index in [1.54, 1.807) is 6.92 Å². The summed E-state index contributed by atoms with van der Waals surface area (Å²) in [5, 5.41) is 17.1. The van der Waals surface area contributed by atoms with Gasteiger partial charge in [0.05, 0.1) is 6.04 Å². The van der Waals surface area contributed by atoms with E-state index in [9.17, 15) is 29.1 Å². The number of hydrogen-bond acceptors (Lipinski definition) is 7. The summed E-state index contributed by atoms with van der Waals surface area (Å²) < 4.78 is 0. The van der Waals surface area contributed by atoms with Gasteiger partial charge in [0.15, 0.2) is 0 Å². The van der Waals surface area contributed by atoms with E-state index in [0.717, 1.165) is 0 Å². The Morgan fingerprint density at radius 2 is 1.37 bits per heavy atom. The van der Waals surface area contributed by atoms with E-state index >= 15 is 0 Å². The highest BCUT2D eigenvalue weighted by atomic mass is 16.4. The molecule has 0 rings (SSSR count). The molecule has 0 radical (unpaired) electrons. The van der Waals surface area contributed by atoms with Crippen molar-refractivity contribution in [2.45, 2.75) is 96.8 Å². The van der Waals surface area contributed by atoms with Crippen LogP contribution < -0.4 is 33.2 Å². The van der Waals surface area contributed by atoms with E-state index in [0.29, 0.717) is 25.8 Å². The maximum Gasteiger partial charge on any atom is 0.326 e. The summed E-state index contributed by atoms with van der Waals surface area (Å²) in [6.07, 6.45) is 1.98. The molecule has 0 fully saturated rings. The van der Waals surface area contributed by atoms with Gasteiger partial charge < -0.3 is 38.3 Å². The van der Waals surface area contributed by atoms with Gasteiger partial charge in [-0.15, -0.1) is 0 Å². The average Bonchev–Trinajstić information content (AvgIpc) is 2.78. The molecule has 0 saturated carbocycles. The van der Waals surface area contributed by atoms with Crippen LogP contribution in [0.1, 0.15) is 72.6 Å². The van der Waals surface area contributed by atoms with Gasteiger partial charge in [0.1, 0.15) is 18.1 Å². The molecular weight excluding hydrogens is 456 g/mol. The average molecular weight is 501 g/mol. The predicted molar refractivity (Wildman–Crippen MR) is 132 cm³/mol. The summed E-state index contributed by atoms with van der Waals surface area (Å²) in [6.45, 7) is 7.79. The third-order valence-electron chi connectivity index (χ3n) is 5.77. The Hall–Kier alpha value is -2.73. The summed E-state index contributed by atoms with van der Waals surface area (Å²) in [4.78, 5) is 61.4. The SMILES string of the molecule is CCC(C)C(N)C(=O)NC(CCC(N)=O)C(=O)NC(CC(C)C)C(=O)NC(CCCCN)C(=O)O. The Morgan fingerprint density at radius 3 is 1.86 bits per heavy atom. The van der Waals surface area contributed by atoms with Crippen molar-refractivity contribution in [3.63, 3.8) is 0 Å². The lowest BCUT2D eigenvalue weighted by molar-refractivity contribution is -0.142. The number of rotatable bonds is 18. The first-order valence-electron chi connectivity index (χ1n) is 12.2. The summed E-state index contributed by atoms with van der Waals surface area (Å²) in [5.74, 6) is -3.88. The highest BCUT2D eigenvalue weighted by molar-refractivity contribution is 5.94. The zero-order chi connectivity index (χ0) is 27.1. The van der Waals surface area contributed by atoms with Crippen LogP contribution in [0.2, 0.25) is 0 Å². The molecule has 35 heavy (non-hydrogen) atoms. The van der Waals surface area contributed by atoms with Crippen LogP contribution in [0.25, 0.3) is 0 Å². The molecule has 0 aliphatic heterocycles. The molecule has 0 aromatic rings. The van der Waals surface area contributed by atoms with Crippen molar-refractivity contribution in [2.75, 3.05) is 6.54 Å². The van der Waals surface area contributed by atoms with Crippen LogP contribution in [0, 0.1) is 11.8 Å². The number of carboxylic acid groups (broad SMARTS) is 1. The lowest BCUT2D eigenvalue weighted by atomic mass is 9.98. The van der Waals surface area contributed by atoms with Gasteiger partial charge in [0.2, 0.25) is 23.6 Å². The van der Waals surface area contributed by atoms with Crippen molar-refractivity contribution in [3.05, 3.63) is 0 Å². The maximum absolute atomic E-state index is 13.1. The molecule has 12 nitrogen and oxygen atoms in total. The van der Waals surface area contributed by atoms with Crippen LogP contribution in [0.15, 0.2) is 0 Å². The van der Waals surface area contributed by atoms with Crippen molar-refractivity contribution in [3.8, 4) is 0 Å². The largest absolute Gasteiger partial charge is 0.480 e. The molecule has 0 aromatic carbocycles. The Labute approximate surface area is 207 Å². The maximum atomic E-state index is 13.1. The first-order valence-corrected chi connectivity index (χ1v) is 12.2. The lowest BCUT2D eigenvalue weighted by Crippen LogP contribution is -2.58. The molecule has 0 aromatic heterocycles. The number of carbonyl (C=O) groups excluding carboxylic acids is 4. The lowest BCUT2D eigenvalue weighted by Gasteiger charge is -2.26. The molecule has 5 unspecified atom stereocenters. The normalized spacial score (nSPS) is 15.4. The second-order valence-electron chi connectivity index (χ2n) is 9.35. The first kappa shape index (κ1) is 32.3. The molecule has 10 N–H and O–H groups in total. The van der Waals surface area contributed by atoms with E-state index in [2.05, 4.69) is 16.0 Å². The monoisotopic (exact) mass is 500 g/mol. The predicted octanol–water partition coefficient (Wildman–Crippen LogP) is -0.661. The third-order valence-corrected chi connectivity index (χ3v) is 5.77. The highest BCUT2D eigenvalue weighted by Gasteiger charge is 2.31. The van der Waals surface area contributed by atoms with Gasteiger partial charge in [-0.3, -0.25) is 19.2 Å². The Morgan fingerprint density at radius 1 is 0.829 bits per heavy atom. The summed E-state index contributed by atoms with van der Waals surface area (Å²) in [5.41, 5.74) is 16.6. The number of nitrogens with one attached hydrogen (secondary N) is 3. The molecule has 0 saturated heterocycles. The number of amides is 4. The topological polar surface area (TPSA) is 220 Å². The molecule has 202 valence electrons. The second-order valence-corrected chi connectivity index (χ2v) is 9.35. The van der Waals surface area contributed by atoms with Crippen molar-refractivity contribution >= 4 is 29.6 Å². The highest BCUT2D eigenvalue weighted by Crippen LogP contribution is 2.10. The van der Waals surface area contributed by atoms with Gasteiger partial charge in [-0.25, -0.2) is 4.79 Å². The molecule has 5 atom stereocenters. The van der Waals surface area contributed by atoms with Gasteiger partial charge in [-0.2, -0.15) is 0 Å². The van der Waals surface area contributed by atoms with E-state index in [1.165, 1.54) is 0 Å². The third kappa shape index (κ3) is 13.1. The van der Waals surface area contributed by atoms with Crippen molar-refractivity contribution in [1.29, 1.82) is 0 Å². The zero-order valence-electron chi connectivity index (χ0n) is 21.3. The molecule has 12 heteroatoms. The zero-order valence-corrected chi connectivity index (χ0v) is 21.3. The van der Waals surface area contributed by atoms with Crippen molar-refractivity contribution < 1.29 is 29.1 Å². The van der Waals surface area contributed by atoms with Crippen LogP contribution in [-0.2, 0) is 24.0 Å². The molecule has 0 bridgehead atoms. The molecule has 0 aliphatic carbocycles. The Bertz CT molecular complexity index is 717. The number of carboxylic acids is 1. The fourth-order valence-electron chi connectivity index (χ4n) is 3.33. The van der Waals surface area contributed by atoms with Crippen molar-refractivity contribution in [2.24, 2.45) is 29.0 Å². The van der Waals surface area contributed by atoms with E-state index in [4.69, 9.17) is 17.2 Å². The van der Waals surface area contributed by atoms with Gasteiger partial charge in [-0.05, 0) is 50.5 Å². The number of unbranched alkanes of at least 4 members (excludes halogenated alkanes) is 1. The van der Waals surface area contributed by atoms with E-state index in [1.807, 2.05) is 20.8 Å². The summed E-state index contributed by atoms with van der Waals surface area (Å²) >= 11 is 0. The summed E-state index contributed by atoms with van der Waals surface area (Å²) in [6, 6.07) is -4.18. The smallest absolute Gasteiger partial charge is 0.326 e. The molecular formula is C23H44N6O6. The van der Waals surface area contributed by atoms with Gasteiger partial charge in [0.25, 0.3) is 0 Å². The van der Waals surface area contributed by atoms with E-state index < -0.39 is 53.8 Å². The van der Waals surface area contributed by atoms with Crippen LogP contribution >= 0.6 is 0 Å². The minimum absolute atomic E-state index is 0.0101. The van der Waals surface area contributed by atoms with Crippen LogP contribution in [0.4, 0.5) is 0 Å². The second kappa shape index (κ2) is 16.8. The van der Waals surface area contributed by atoms with Crippen LogP contribution in [0.3, 0.4) is 0 Å². The quantitative estimate of drug-likeness (QED) is 0.119. The number of primary amides is 1. The van der Waals surface area contributed by atoms with Crippen LogP contribution in [-0.4, -0.2) is 65.4 Å². The standard InChI is InChI=1S/C23H44N6O6/c1-5-14(4)19(26)22(33)27-15(9-10-18(25)30)20(31)29-17(12-13(2)3)21(32)28-16(23(34)35)8-6-7-11-24/h13-17,19H,5-12,24,26H2,1-4H3,(H2,25,30)(H,27,33)(H,28,32)(H,29,31)(H,34,35). The molecule has 4 amide bonds. The molecule has 0 heterocycles. The Kier molecular flexibility index (Phi) is 15.5. The van der Waals surface area contributed by atoms with E-state index in [-0.39, 0.29) is 37.5 Å². The number of hydrogen-bond donors (Lipinski definition) is 7. The number of nitrogens with two attached hydrogens (primary N) is 3. The van der Waals surface area contributed by atoms with Gasteiger partial charge in [0, 0.05) is 6.42 Å². The molecule has 0 aliphatic rings. The van der Waals surface area contributed by atoms with Gasteiger partial charge in [-0.1, -0.05) is 34.1 Å². The fourth-order valence-corrected chi connectivity index (χ4v) is 3.33.